The van der Waals surface area contributed by atoms with Crippen molar-refractivity contribution < 1.29 is 4.39 Å². The van der Waals surface area contributed by atoms with E-state index in [4.69, 9.17) is 11.6 Å². The number of halogens is 2. The Labute approximate surface area is 129 Å². The first-order valence-corrected chi connectivity index (χ1v) is 7.34. The van der Waals surface area contributed by atoms with Crippen molar-refractivity contribution in [3.05, 3.63) is 64.4 Å². The van der Waals surface area contributed by atoms with Gasteiger partial charge in [-0.25, -0.2) is 19.3 Å². The number of hydrogen-bond acceptors (Lipinski definition) is 5. The zero-order valence-electron chi connectivity index (χ0n) is 10.8. The summed E-state index contributed by atoms with van der Waals surface area (Å²) in [5, 5.41) is 3.98. The second-order valence-electron chi connectivity index (χ2n) is 4.23. The van der Waals surface area contributed by atoms with Crippen LogP contribution in [0.3, 0.4) is 0 Å². The van der Waals surface area contributed by atoms with Gasteiger partial charge in [0.1, 0.15) is 0 Å². The maximum Gasteiger partial charge on any atom is 0.222 e. The number of thiazole rings is 1. The third-order valence-electron chi connectivity index (χ3n) is 2.71. The van der Waals surface area contributed by atoms with E-state index in [1.807, 2.05) is 30.3 Å². The van der Waals surface area contributed by atoms with Gasteiger partial charge in [-0.3, -0.25) is 0 Å². The lowest BCUT2D eigenvalue weighted by Gasteiger charge is -2.01. The Bertz CT molecular complexity index is 748. The summed E-state index contributed by atoms with van der Waals surface area (Å²) in [6.45, 7) is 0. The summed E-state index contributed by atoms with van der Waals surface area (Å²) in [4.78, 5) is 12.7. The molecule has 0 atom stereocenters. The van der Waals surface area contributed by atoms with E-state index in [0.29, 0.717) is 6.42 Å². The molecule has 0 fully saturated rings. The van der Waals surface area contributed by atoms with Crippen LogP contribution in [0.1, 0.15) is 10.6 Å². The highest BCUT2D eigenvalue weighted by atomic mass is 35.5. The first-order chi connectivity index (χ1) is 10.2. The lowest BCUT2D eigenvalue weighted by molar-refractivity contribution is 0.596. The number of nitrogens with one attached hydrogen (secondary N) is 1. The molecule has 0 aliphatic rings. The summed E-state index contributed by atoms with van der Waals surface area (Å²) in [6.07, 6.45) is 3.11. The standard InChI is InChI=1S/C14H10ClFN4S/c15-13-17-8-11(16)12(20-13)6-10-7-18-14(21-10)19-9-4-2-1-3-5-9/h1-5,7-8H,6H2,(H,18,19). The fraction of sp³-hybridized carbons (Fsp3) is 0.0714. The Balaban J connectivity index is 1.75. The molecular weight excluding hydrogens is 311 g/mol. The van der Waals surface area contributed by atoms with Crippen LogP contribution >= 0.6 is 22.9 Å². The van der Waals surface area contributed by atoms with Crippen molar-refractivity contribution in [2.45, 2.75) is 6.42 Å². The lowest BCUT2D eigenvalue weighted by atomic mass is 10.2. The van der Waals surface area contributed by atoms with E-state index in [9.17, 15) is 4.39 Å². The molecule has 0 aliphatic carbocycles. The normalized spacial score (nSPS) is 10.6. The van der Waals surface area contributed by atoms with Crippen molar-refractivity contribution >= 4 is 33.8 Å². The van der Waals surface area contributed by atoms with Gasteiger partial charge in [0.25, 0.3) is 0 Å². The Hall–Kier alpha value is -2.05. The van der Waals surface area contributed by atoms with Crippen LogP contribution in [0.25, 0.3) is 0 Å². The number of benzene rings is 1. The summed E-state index contributed by atoms with van der Waals surface area (Å²) in [5.74, 6) is -0.467. The molecule has 4 nitrogen and oxygen atoms in total. The fourth-order valence-corrected chi connectivity index (χ4v) is 2.75. The van der Waals surface area contributed by atoms with E-state index < -0.39 is 5.82 Å². The molecule has 2 aromatic heterocycles. The SMILES string of the molecule is Fc1cnc(Cl)nc1Cc1cnc(Nc2ccccc2)s1. The van der Waals surface area contributed by atoms with Gasteiger partial charge in [0.05, 0.1) is 11.9 Å². The van der Waals surface area contributed by atoms with E-state index in [1.165, 1.54) is 11.3 Å². The second-order valence-corrected chi connectivity index (χ2v) is 5.69. The molecule has 0 radical (unpaired) electrons. The number of rotatable bonds is 4. The molecule has 1 N–H and O–H groups in total. The van der Waals surface area contributed by atoms with Gasteiger partial charge < -0.3 is 5.32 Å². The van der Waals surface area contributed by atoms with Crippen molar-refractivity contribution in [1.82, 2.24) is 15.0 Å². The van der Waals surface area contributed by atoms with E-state index in [1.54, 1.807) is 6.20 Å². The Morgan fingerprint density at radius 1 is 1.14 bits per heavy atom. The molecular formula is C14H10ClFN4S. The highest BCUT2D eigenvalue weighted by molar-refractivity contribution is 7.15. The molecule has 0 saturated heterocycles. The van der Waals surface area contributed by atoms with Gasteiger partial charge in [0.15, 0.2) is 10.9 Å². The zero-order chi connectivity index (χ0) is 14.7. The highest BCUT2D eigenvalue weighted by Gasteiger charge is 2.10. The van der Waals surface area contributed by atoms with Crippen molar-refractivity contribution in [3.63, 3.8) is 0 Å². The third-order valence-corrected chi connectivity index (χ3v) is 3.80. The minimum absolute atomic E-state index is 0.0403. The molecule has 21 heavy (non-hydrogen) atoms. The summed E-state index contributed by atoms with van der Waals surface area (Å²) < 4.78 is 13.6. The summed E-state index contributed by atoms with van der Waals surface area (Å²) in [7, 11) is 0. The fourth-order valence-electron chi connectivity index (χ4n) is 1.76. The molecule has 0 bridgehead atoms. The first kappa shape index (κ1) is 13.9. The van der Waals surface area contributed by atoms with Gasteiger partial charge in [0.2, 0.25) is 5.28 Å². The predicted molar refractivity (Wildman–Crippen MR) is 81.6 cm³/mol. The first-order valence-electron chi connectivity index (χ1n) is 6.14. The average molecular weight is 321 g/mol. The minimum atomic E-state index is -0.467. The maximum absolute atomic E-state index is 13.6. The van der Waals surface area contributed by atoms with Crippen LogP contribution in [0, 0.1) is 5.82 Å². The zero-order valence-corrected chi connectivity index (χ0v) is 12.3. The van der Waals surface area contributed by atoms with Gasteiger partial charge in [-0.1, -0.05) is 18.2 Å². The largest absolute Gasteiger partial charge is 0.332 e. The van der Waals surface area contributed by atoms with Crippen LogP contribution in [0.15, 0.2) is 42.7 Å². The molecule has 0 amide bonds. The molecule has 2 heterocycles. The Morgan fingerprint density at radius 3 is 2.76 bits per heavy atom. The van der Waals surface area contributed by atoms with Crippen molar-refractivity contribution in [1.29, 1.82) is 0 Å². The monoisotopic (exact) mass is 320 g/mol. The van der Waals surface area contributed by atoms with Crippen molar-refractivity contribution in [2.24, 2.45) is 0 Å². The number of nitrogens with zero attached hydrogens (tertiary/aromatic N) is 3. The second kappa shape index (κ2) is 6.15. The van der Waals surface area contributed by atoms with Gasteiger partial charge in [-0.05, 0) is 23.7 Å². The van der Waals surface area contributed by atoms with Crippen LogP contribution in [0.2, 0.25) is 5.28 Å². The van der Waals surface area contributed by atoms with Crippen molar-refractivity contribution in [2.75, 3.05) is 5.32 Å². The van der Waals surface area contributed by atoms with Crippen LogP contribution in [0.4, 0.5) is 15.2 Å². The molecule has 0 spiro atoms. The molecule has 0 saturated carbocycles. The van der Waals surface area contributed by atoms with E-state index in [0.717, 1.165) is 21.9 Å². The van der Waals surface area contributed by atoms with Crippen LogP contribution in [-0.2, 0) is 6.42 Å². The quantitative estimate of drug-likeness (QED) is 0.736. The Kier molecular flexibility index (Phi) is 4.08. The molecule has 1 aromatic carbocycles. The number of aromatic nitrogens is 3. The van der Waals surface area contributed by atoms with Crippen LogP contribution in [-0.4, -0.2) is 15.0 Å². The molecule has 3 aromatic rings. The van der Waals surface area contributed by atoms with Gasteiger partial charge in [-0.15, -0.1) is 11.3 Å². The number of para-hydroxylation sites is 1. The smallest absolute Gasteiger partial charge is 0.222 e. The average Bonchev–Trinajstić information content (AvgIpc) is 2.91. The minimum Gasteiger partial charge on any atom is -0.332 e. The number of anilines is 2. The number of hydrogen-bond donors (Lipinski definition) is 1. The van der Waals surface area contributed by atoms with Crippen LogP contribution < -0.4 is 5.32 Å². The van der Waals surface area contributed by atoms with Crippen LogP contribution in [0.5, 0.6) is 0 Å². The summed E-state index contributed by atoms with van der Waals surface area (Å²) >= 11 is 7.13. The molecule has 106 valence electrons. The van der Waals surface area contributed by atoms with Gasteiger partial charge >= 0.3 is 0 Å². The highest BCUT2D eigenvalue weighted by Crippen LogP contribution is 2.24. The third kappa shape index (κ3) is 3.53. The Morgan fingerprint density at radius 2 is 1.95 bits per heavy atom. The topological polar surface area (TPSA) is 50.7 Å². The van der Waals surface area contributed by atoms with E-state index in [-0.39, 0.29) is 11.0 Å². The summed E-state index contributed by atoms with van der Waals surface area (Å²) in [5.41, 5.74) is 1.22. The molecule has 0 unspecified atom stereocenters. The van der Waals surface area contributed by atoms with Crippen molar-refractivity contribution in [3.8, 4) is 0 Å². The maximum atomic E-state index is 13.6. The molecule has 7 heteroatoms. The van der Waals surface area contributed by atoms with Gasteiger partial charge in [-0.2, -0.15) is 0 Å². The van der Waals surface area contributed by atoms with E-state index in [2.05, 4.69) is 20.3 Å². The predicted octanol–water partition coefficient (Wildman–Crippen LogP) is 4.06. The lowest BCUT2D eigenvalue weighted by Crippen LogP contribution is -1.97. The van der Waals surface area contributed by atoms with Gasteiger partial charge in [0, 0.05) is 23.2 Å². The summed E-state index contributed by atoms with van der Waals surface area (Å²) in [6, 6.07) is 9.72. The molecule has 3 rings (SSSR count). The molecule has 0 aliphatic heterocycles. The van der Waals surface area contributed by atoms with E-state index >= 15 is 0 Å².